The van der Waals surface area contributed by atoms with Crippen LogP contribution in [-0.2, 0) is 30.4 Å². The van der Waals surface area contributed by atoms with Crippen molar-refractivity contribution >= 4 is 23.7 Å². The Kier molecular flexibility index (Phi) is 8.85. The van der Waals surface area contributed by atoms with Crippen molar-refractivity contribution in [3.8, 4) is 0 Å². The Labute approximate surface area is 201 Å². The van der Waals surface area contributed by atoms with Crippen molar-refractivity contribution in [3.05, 3.63) is 48.6 Å². The molecule has 0 bridgehead atoms. The van der Waals surface area contributed by atoms with Crippen LogP contribution in [0.25, 0.3) is 0 Å². The molecule has 3 rings (SSSR count). The molecule has 0 radical (unpaired) electrons. The third-order valence-electron chi connectivity index (χ3n) is 6.57. The molecule has 2 fully saturated rings. The highest BCUT2D eigenvalue weighted by molar-refractivity contribution is 5.95. The number of amides is 3. The SMILES string of the molecule is C=CC(=O)N1CCN([C@@H](Cc2ccccc2)C(=O)NOC(=O)C2CCCC2)C(=O)[C@@H]1CC(C)C. The third-order valence-corrected chi connectivity index (χ3v) is 6.57. The Morgan fingerprint density at radius 2 is 1.82 bits per heavy atom. The molecule has 1 saturated carbocycles. The van der Waals surface area contributed by atoms with Gasteiger partial charge in [0.25, 0.3) is 5.91 Å². The van der Waals surface area contributed by atoms with Crippen molar-refractivity contribution in [1.29, 1.82) is 0 Å². The molecule has 1 saturated heterocycles. The molecule has 8 nitrogen and oxygen atoms in total. The van der Waals surface area contributed by atoms with E-state index in [0.29, 0.717) is 13.0 Å². The summed E-state index contributed by atoms with van der Waals surface area (Å²) in [7, 11) is 0. The number of nitrogens with zero attached hydrogens (tertiary/aromatic N) is 2. The summed E-state index contributed by atoms with van der Waals surface area (Å²) in [6, 6.07) is 7.85. The van der Waals surface area contributed by atoms with Crippen LogP contribution in [0.15, 0.2) is 43.0 Å². The van der Waals surface area contributed by atoms with Crippen LogP contribution in [0.1, 0.15) is 51.5 Å². The molecule has 0 spiro atoms. The van der Waals surface area contributed by atoms with E-state index in [0.717, 1.165) is 31.2 Å². The summed E-state index contributed by atoms with van der Waals surface area (Å²) in [5.74, 6) is -1.59. The first-order chi connectivity index (χ1) is 16.3. The number of hydrogen-bond acceptors (Lipinski definition) is 5. The van der Waals surface area contributed by atoms with Crippen LogP contribution in [0.4, 0.5) is 0 Å². The van der Waals surface area contributed by atoms with E-state index in [-0.39, 0.29) is 36.6 Å². The van der Waals surface area contributed by atoms with E-state index in [1.54, 1.807) is 0 Å². The second-order valence-electron chi connectivity index (χ2n) is 9.49. The number of rotatable bonds is 8. The molecule has 1 heterocycles. The highest BCUT2D eigenvalue weighted by atomic mass is 16.7. The third kappa shape index (κ3) is 6.24. The predicted molar refractivity (Wildman–Crippen MR) is 127 cm³/mol. The van der Waals surface area contributed by atoms with Gasteiger partial charge in [-0.15, -0.1) is 0 Å². The molecule has 2 atom stereocenters. The topological polar surface area (TPSA) is 96.0 Å². The van der Waals surface area contributed by atoms with Gasteiger partial charge in [-0.05, 0) is 36.8 Å². The highest BCUT2D eigenvalue weighted by Crippen LogP contribution is 2.26. The van der Waals surface area contributed by atoms with Crippen LogP contribution in [-0.4, -0.2) is 58.7 Å². The number of carbonyl (C=O) groups is 4. The van der Waals surface area contributed by atoms with E-state index in [9.17, 15) is 19.2 Å². The fraction of sp³-hybridized carbons (Fsp3) is 0.538. The summed E-state index contributed by atoms with van der Waals surface area (Å²) in [4.78, 5) is 59.7. The van der Waals surface area contributed by atoms with Gasteiger partial charge in [0.2, 0.25) is 11.8 Å². The van der Waals surface area contributed by atoms with E-state index in [4.69, 9.17) is 4.84 Å². The van der Waals surface area contributed by atoms with Crippen LogP contribution in [0.3, 0.4) is 0 Å². The summed E-state index contributed by atoms with van der Waals surface area (Å²) in [5.41, 5.74) is 3.20. The second kappa shape index (κ2) is 11.8. The summed E-state index contributed by atoms with van der Waals surface area (Å²) in [6.45, 7) is 8.03. The number of nitrogens with one attached hydrogen (secondary N) is 1. The minimum atomic E-state index is -0.873. The van der Waals surface area contributed by atoms with Crippen LogP contribution in [0, 0.1) is 11.8 Å². The van der Waals surface area contributed by atoms with Gasteiger partial charge in [0.15, 0.2) is 0 Å². The van der Waals surface area contributed by atoms with E-state index in [1.165, 1.54) is 15.9 Å². The second-order valence-corrected chi connectivity index (χ2v) is 9.49. The monoisotopic (exact) mass is 469 g/mol. The summed E-state index contributed by atoms with van der Waals surface area (Å²) in [5, 5.41) is 0. The lowest BCUT2D eigenvalue weighted by molar-refractivity contribution is -0.166. The van der Waals surface area contributed by atoms with Crippen molar-refractivity contribution < 1.29 is 24.0 Å². The zero-order chi connectivity index (χ0) is 24.7. The minimum Gasteiger partial charge on any atom is -0.340 e. The maximum Gasteiger partial charge on any atom is 0.335 e. The van der Waals surface area contributed by atoms with E-state index < -0.39 is 24.0 Å². The van der Waals surface area contributed by atoms with Crippen molar-refractivity contribution in [2.24, 2.45) is 11.8 Å². The molecule has 1 aliphatic heterocycles. The van der Waals surface area contributed by atoms with Crippen molar-refractivity contribution in [1.82, 2.24) is 15.3 Å². The zero-order valence-corrected chi connectivity index (χ0v) is 20.1. The average Bonchev–Trinajstić information content (AvgIpc) is 3.37. The molecule has 2 aliphatic rings. The normalized spacial score (nSPS) is 19.7. The Morgan fingerprint density at radius 3 is 2.44 bits per heavy atom. The van der Waals surface area contributed by atoms with Crippen molar-refractivity contribution in [2.45, 2.75) is 64.5 Å². The van der Waals surface area contributed by atoms with E-state index in [1.807, 2.05) is 44.2 Å². The first kappa shape index (κ1) is 25.5. The van der Waals surface area contributed by atoms with Crippen molar-refractivity contribution in [3.63, 3.8) is 0 Å². The van der Waals surface area contributed by atoms with Gasteiger partial charge in [0.1, 0.15) is 12.1 Å². The fourth-order valence-electron chi connectivity index (χ4n) is 4.77. The van der Waals surface area contributed by atoms with Crippen LogP contribution >= 0.6 is 0 Å². The van der Waals surface area contributed by atoms with Crippen LogP contribution < -0.4 is 5.48 Å². The first-order valence-corrected chi connectivity index (χ1v) is 12.1. The molecule has 3 amide bonds. The Bertz CT molecular complexity index is 895. The molecule has 0 unspecified atom stereocenters. The van der Waals surface area contributed by atoms with E-state index >= 15 is 0 Å². The van der Waals surface area contributed by atoms with Crippen molar-refractivity contribution in [2.75, 3.05) is 13.1 Å². The number of hydroxylamine groups is 1. The van der Waals surface area contributed by atoms with Gasteiger partial charge in [0.05, 0.1) is 5.92 Å². The zero-order valence-electron chi connectivity index (χ0n) is 20.1. The molecule has 184 valence electrons. The Hall–Kier alpha value is -3.16. The van der Waals surface area contributed by atoms with Gasteiger partial charge in [-0.2, -0.15) is 5.48 Å². The molecule has 8 heteroatoms. The number of carbonyl (C=O) groups excluding carboxylic acids is 4. The lowest BCUT2D eigenvalue weighted by atomic mass is 9.96. The van der Waals surface area contributed by atoms with Gasteiger partial charge in [-0.25, -0.2) is 4.79 Å². The minimum absolute atomic E-state index is 0.169. The lowest BCUT2D eigenvalue weighted by Crippen LogP contribution is -2.63. The molecular formula is C26H35N3O5. The quantitative estimate of drug-likeness (QED) is 0.466. The molecule has 1 aliphatic carbocycles. The number of piperazine rings is 1. The molecule has 0 aromatic heterocycles. The van der Waals surface area contributed by atoms with Gasteiger partial charge in [0, 0.05) is 19.5 Å². The Morgan fingerprint density at radius 1 is 1.15 bits per heavy atom. The summed E-state index contributed by atoms with van der Waals surface area (Å²) < 4.78 is 0. The van der Waals surface area contributed by atoms with E-state index in [2.05, 4.69) is 12.1 Å². The predicted octanol–water partition coefficient (Wildman–Crippen LogP) is 2.63. The number of hydrogen-bond donors (Lipinski definition) is 1. The maximum atomic E-state index is 13.6. The highest BCUT2D eigenvalue weighted by Gasteiger charge is 2.42. The summed E-state index contributed by atoms with van der Waals surface area (Å²) in [6.07, 6.45) is 5.43. The fourth-order valence-corrected chi connectivity index (χ4v) is 4.77. The van der Waals surface area contributed by atoms with Gasteiger partial charge >= 0.3 is 5.97 Å². The molecule has 1 aromatic carbocycles. The molecular weight excluding hydrogens is 434 g/mol. The largest absolute Gasteiger partial charge is 0.340 e. The maximum absolute atomic E-state index is 13.6. The van der Waals surface area contributed by atoms with Gasteiger partial charge < -0.3 is 14.6 Å². The van der Waals surface area contributed by atoms with Crippen LogP contribution in [0.5, 0.6) is 0 Å². The average molecular weight is 470 g/mol. The van der Waals surface area contributed by atoms with Crippen LogP contribution in [0.2, 0.25) is 0 Å². The summed E-state index contributed by atoms with van der Waals surface area (Å²) >= 11 is 0. The lowest BCUT2D eigenvalue weighted by Gasteiger charge is -2.43. The number of benzene rings is 1. The van der Waals surface area contributed by atoms with Gasteiger partial charge in [-0.3, -0.25) is 14.4 Å². The molecule has 1 N–H and O–H groups in total. The first-order valence-electron chi connectivity index (χ1n) is 12.1. The Balaban J connectivity index is 1.80. The molecule has 1 aromatic rings. The van der Waals surface area contributed by atoms with Gasteiger partial charge in [-0.1, -0.05) is 63.6 Å². The smallest absolute Gasteiger partial charge is 0.335 e. The molecule has 34 heavy (non-hydrogen) atoms. The standard InChI is InChI=1S/C26H35N3O5/c1-4-23(30)28-14-15-29(25(32)22(28)16-18(2)3)21(17-19-10-6-5-7-11-19)24(31)27-34-26(33)20-12-8-9-13-20/h4-7,10-11,18,20-22H,1,8-9,12-17H2,2-3H3,(H,27,31)/t21-,22-/m0/s1.